The van der Waals surface area contributed by atoms with Gasteiger partial charge in [-0.15, -0.1) is 0 Å². The van der Waals surface area contributed by atoms with Crippen LogP contribution < -0.4 is 9.62 Å². The van der Waals surface area contributed by atoms with Crippen molar-refractivity contribution in [2.45, 2.75) is 24.0 Å². The van der Waals surface area contributed by atoms with E-state index in [2.05, 4.69) is 4.72 Å². The molecule has 1 fully saturated rings. The van der Waals surface area contributed by atoms with E-state index in [-0.39, 0.29) is 18.0 Å². The van der Waals surface area contributed by atoms with Crippen molar-refractivity contribution in [1.29, 1.82) is 0 Å². The number of nitrogens with zero attached hydrogens (tertiary/aromatic N) is 2. The second-order valence-corrected chi connectivity index (χ2v) is 9.31. The summed E-state index contributed by atoms with van der Waals surface area (Å²) in [6.07, 6.45) is -4.43. The quantitative estimate of drug-likeness (QED) is 0.720. The van der Waals surface area contributed by atoms with Crippen LogP contribution in [0.1, 0.15) is 12.5 Å². The third-order valence-electron chi connectivity index (χ3n) is 4.96. The first kappa shape index (κ1) is 23.4. The number of hydrogen-bond acceptors (Lipinski definition) is 4. The van der Waals surface area contributed by atoms with E-state index < -0.39 is 33.7 Å². The normalized spacial score (nSPS) is 16.3. The van der Waals surface area contributed by atoms with Gasteiger partial charge in [0.05, 0.1) is 16.5 Å². The van der Waals surface area contributed by atoms with Gasteiger partial charge in [0.2, 0.25) is 15.9 Å². The average Bonchev–Trinajstić information content (AvgIpc) is 2.73. The molecule has 2 aromatic rings. The lowest BCUT2D eigenvalue weighted by Crippen LogP contribution is -2.54. The zero-order valence-electron chi connectivity index (χ0n) is 16.6. The molecule has 0 spiro atoms. The summed E-state index contributed by atoms with van der Waals surface area (Å²) in [7, 11) is -3.91. The van der Waals surface area contributed by atoms with E-state index >= 15 is 0 Å². The lowest BCUT2D eigenvalue weighted by molar-refractivity contribution is -0.137. The number of sulfonamides is 1. The summed E-state index contributed by atoms with van der Waals surface area (Å²) in [5, 5.41) is 0.390. The van der Waals surface area contributed by atoms with Gasteiger partial charge in [-0.3, -0.25) is 4.79 Å². The molecule has 0 unspecified atom stereocenters. The van der Waals surface area contributed by atoms with Gasteiger partial charge in [-0.25, -0.2) is 8.42 Å². The highest BCUT2D eigenvalue weighted by Crippen LogP contribution is 2.31. The Morgan fingerprint density at radius 2 is 1.68 bits per heavy atom. The van der Waals surface area contributed by atoms with E-state index in [1.165, 1.54) is 42.2 Å². The second-order valence-electron chi connectivity index (χ2n) is 7.16. The van der Waals surface area contributed by atoms with Crippen molar-refractivity contribution in [3.8, 4) is 0 Å². The Bertz CT molecular complexity index is 1040. The monoisotopic (exact) mass is 475 g/mol. The van der Waals surface area contributed by atoms with Crippen LogP contribution in [0.4, 0.5) is 18.9 Å². The first-order valence-corrected chi connectivity index (χ1v) is 11.3. The molecule has 0 saturated carbocycles. The summed E-state index contributed by atoms with van der Waals surface area (Å²) in [4.78, 5) is 16.0. The Hall–Kier alpha value is -2.30. The lowest BCUT2D eigenvalue weighted by atomic mass is 10.1. The Morgan fingerprint density at radius 1 is 1.06 bits per heavy atom. The zero-order valence-corrected chi connectivity index (χ0v) is 18.1. The van der Waals surface area contributed by atoms with E-state index in [4.69, 9.17) is 11.6 Å². The van der Waals surface area contributed by atoms with Crippen LogP contribution in [0.3, 0.4) is 0 Å². The van der Waals surface area contributed by atoms with Gasteiger partial charge in [0.1, 0.15) is 0 Å². The summed E-state index contributed by atoms with van der Waals surface area (Å²) in [5.74, 6) is -0.402. The van der Waals surface area contributed by atoms with Crippen molar-refractivity contribution in [3.05, 3.63) is 59.1 Å². The Balaban J connectivity index is 1.60. The van der Waals surface area contributed by atoms with Crippen molar-refractivity contribution >= 4 is 33.2 Å². The predicted octanol–water partition coefficient (Wildman–Crippen LogP) is 3.37. The molecule has 0 aromatic heterocycles. The molecule has 2 aromatic carbocycles. The van der Waals surface area contributed by atoms with Crippen LogP contribution in [-0.4, -0.2) is 51.4 Å². The number of nitrogens with one attached hydrogen (secondary N) is 1. The molecule has 1 atom stereocenters. The highest BCUT2D eigenvalue weighted by molar-refractivity contribution is 7.89. The first-order valence-electron chi connectivity index (χ1n) is 9.46. The van der Waals surface area contributed by atoms with Crippen LogP contribution in [-0.2, 0) is 21.0 Å². The lowest BCUT2D eigenvalue weighted by Gasteiger charge is -2.37. The standard InChI is InChI=1S/C20H21ClF3N3O3S/c1-14(25-31(29,30)18-7-5-16(21)6-8-18)19(28)27-11-9-26(10-12-27)17-4-2-3-15(13-17)20(22,23)24/h2-8,13-14,25H,9-12H2,1H3/t14-/m1/s1. The molecule has 0 bridgehead atoms. The Kier molecular flexibility index (Phi) is 6.82. The van der Waals surface area contributed by atoms with Crippen molar-refractivity contribution in [2.24, 2.45) is 0 Å². The molecule has 1 N–H and O–H groups in total. The molecule has 168 valence electrons. The number of carbonyl (C=O) groups is 1. The topological polar surface area (TPSA) is 69.7 Å². The number of benzene rings is 2. The van der Waals surface area contributed by atoms with E-state index in [9.17, 15) is 26.4 Å². The summed E-state index contributed by atoms with van der Waals surface area (Å²) in [6, 6.07) is 9.61. The fourth-order valence-corrected chi connectivity index (χ4v) is 4.63. The smallest absolute Gasteiger partial charge is 0.368 e. The van der Waals surface area contributed by atoms with Crippen molar-refractivity contribution < 1.29 is 26.4 Å². The van der Waals surface area contributed by atoms with Gasteiger partial charge in [-0.05, 0) is 49.4 Å². The van der Waals surface area contributed by atoms with Crippen molar-refractivity contribution in [3.63, 3.8) is 0 Å². The fraction of sp³-hybridized carbons (Fsp3) is 0.350. The molecule has 1 amide bonds. The molecule has 1 aliphatic heterocycles. The molecule has 3 rings (SSSR count). The highest BCUT2D eigenvalue weighted by Gasteiger charge is 2.32. The number of piperazine rings is 1. The maximum Gasteiger partial charge on any atom is 0.416 e. The average molecular weight is 476 g/mol. The van der Waals surface area contributed by atoms with Gasteiger partial charge in [0, 0.05) is 36.9 Å². The summed E-state index contributed by atoms with van der Waals surface area (Å²) in [6.45, 7) is 2.66. The van der Waals surface area contributed by atoms with Gasteiger partial charge in [-0.2, -0.15) is 17.9 Å². The maximum absolute atomic E-state index is 12.9. The maximum atomic E-state index is 12.9. The number of alkyl halides is 3. The summed E-state index contributed by atoms with van der Waals surface area (Å²) >= 11 is 5.77. The van der Waals surface area contributed by atoms with E-state index in [0.717, 1.165) is 12.1 Å². The van der Waals surface area contributed by atoms with Crippen LogP contribution in [0.2, 0.25) is 5.02 Å². The zero-order chi connectivity index (χ0) is 22.8. The first-order chi connectivity index (χ1) is 14.5. The molecule has 0 radical (unpaired) electrons. The molecular formula is C20H21ClF3N3O3S. The second kappa shape index (κ2) is 9.05. The summed E-state index contributed by atoms with van der Waals surface area (Å²) < 4.78 is 66.1. The van der Waals surface area contributed by atoms with Crippen molar-refractivity contribution in [2.75, 3.05) is 31.1 Å². The molecule has 1 saturated heterocycles. The number of anilines is 1. The van der Waals surface area contributed by atoms with E-state index in [1.807, 2.05) is 0 Å². The SMILES string of the molecule is C[C@@H](NS(=O)(=O)c1ccc(Cl)cc1)C(=O)N1CCN(c2cccc(C(F)(F)F)c2)CC1. The minimum absolute atomic E-state index is 0.00841. The molecule has 6 nitrogen and oxygen atoms in total. The van der Waals surface area contributed by atoms with Gasteiger partial charge in [0.25, 0.3) is 0 Å². The minimum Gasteiger partial charge on any atom is -0.368 e. The van der Waals surface area contributed by atoms with Gasteiger partial charge < -0.3 is 9.80 Å². The van der Waals surface area contributed by atoms with Crippen LogP contribution in [0.25, 0.3) is 0 Å². The Morgan fingerprint density at radius 3 is 2.26 bits per heavy atom. The number of rotatable bonds is 5. The molecule has 31 heavy (non-hydrogen) atoms. The number of carbonyl (C=O) groups excluding carboxylic acids is 1. The molecular weight excluding hydrogens is 455 g/mol. The predicted molar refractivity (Wildman–Crippen MR) is 111 cm³/mol. The van der Waals surface area contributed by atoms with Gasteiger partial charge >= 0.3 is 6.18 Å². The van der Waals surface area contributed by atoms with Crippen LogP contribution in [0.15, 0.2) is 53.4 Å². The molecule has 11 heteroatoms. The highest BCUT2D eigenvalue weighted by atomic mass is 35.5. The van der Waals surface area contributed by atoms with E-state index in [0.29, 0.717) is 23.8 Å². The Labute approximate surface area is 183 Å². The minimum atomic E-state index is -4.43. The largest absolute Gasteiger partial charge is 0.416 e. The third kappa shape index (κ3) is 5.69. The van der Waals surface area contributed by atoms with E-state index in [1.54, 1.807) is 11.0 Å². The van der Waals surface area contributed by atoms with Gasteiger partial charge in [-0.1, -0.05) is 17.7 Å². The van der Waals surface area contributed by atoms with Crippen LogP contribution in [0, 0.1) is 0 Å². The van der Waals surface area contributed by atoms with Gasteiger partial charge in [0.15, 0.2) is 0 Å². The fourth-order valence-electron chi connectivity index (χ4n) is 3.30. The molecule has 1 heterocycles. The van der Waals surface area contributed by atoms with Crippen LogP contribution in [0.5, 0.6) is 0 Å². The van der Waals surface area contributed by atoms with Crippen LogP contribution >= 0.6 is 11.6 Å². The summed E-state index contributed by atoms with van der Waals surface area (Å²) in [5.41, 5.74) is -0.299. The number of hydrogen-bond donors (Lipinski definition) is 1. The molecule has 0 aliphatic carbocycles. The molecule has 1 aliphatic rings. The number of amides is 1. The van der Waals surface area contributed by atoms with Crippen molar-refractivity contribution in [1.82, 2.24) is 9.62 Å². The third-order valence-corrected chi connectivity index (χ3v) is 6.76. The number of halogens is 4.